The fourth-order valence-electron chi connectivity index (χ4n) is 1.95. The van der Waals surface area contributed by atoms with Gasteiger partial charge in [-0.05, 0) is 33.8 Å². The van der Waals surface area contributed by atoms with Crippen molar-refractivity contribution in [3.05, 3.63) is 53.9 Å². The molecule has 0 aliphatic carbocycles. The lowest BCUT2D eigenvalue weighted by atomic mass is 10.3. The molecule has 0 saturated heterocycles. The molecule has 2 rings (SSSR count). The first-order valence-electron chi connectivity index (χ1n) is 6.21. The van der Waals surface area contributed by atoms with Crippen molar-refractivity contribution in [2.75, 3.05) is 0 Å². The van der Waals surface area contributed by atoms with Crippen molar-refractivity contribution >= 4 is 11.4 Å². The van der Waals surface area contributed by atoms with Crippen LogP contribution in [0.25, 0.3) is 5.65 Å². The molecule has 19 heavy (non-hydrogen) atoms. The van der Waals surface area contributed by atoms with Gasteiger partial charge in [-0.15, -0.1) is 0 Å². The second-order valence-corrected chi connectivity index (χ2v) is 4.51. The number of rotatable bonds is 3. The van der Waals surface area contributed by atoms with E-state index in [2.05, 4.69) is 21.5 Å². The van der Waals surface area contributed by atoms with Gasteiger partial charge in [0.1, 0.15) is 5.69 Å². The predicted octanol–water partition coefficient (Wildman–Crippen LogP) is 3.24. The quantitative estimate of drug-likeness (QED) is 0.623. The fourth-order valence-corrected chi connectivity index (χ4v) is 1.95. The fraction of sp³-hybridized carbons (Fsp3) is 0.267. The maximum Gasteiger partial charge on any atom is 0.158 e. The number of aryl methyl sites for hydroxylation is 2. The highest BCUT2D eigenvalue weighted by atomic mass is 15.0. The van der Waals surface area contributed by atoms with Gasteiger partial charge in [0.15, 0.2) is 5.65 Å². The molecule has 0 aliphatic rings. The van der Waals surface area contributed by atoms with E-state index < -0.39 is 0 Å². The average Bonchev–Trinajstić information content (AvgIpc) is 2.70. The number of hydrogen-bond acceptors (Lipinski definition) is 3. The summed E-state index contributed by atoms with van der Waals surface area (Å²) in [6.45, 7) is 11.7. The number of aliphatic imine (C=N–C) groups is 1. The Morgan fingerprint density at radius 1 is 1.32 bits per heavy atom. The van der Waals surface area contributed by atoms with Crippen LogP contribution >= 0.6 is 0 Å². The molecular weight excluding hydrogens is 236 g/mol. The second-order valence-electron chi connectivity index (χ2n) is 4.51. The van der Waals surface area contributed by atoms with E-state index >= 15 is 0 Å². The molecule has 0 bridgehead atoms. The minimum Gasteiger partial charge on any atom is -0.303 e. The van der Waals surface area contributed by atoms with E-state index in [-0.39, 0.29) is 0 Å². The molecule has 0 N–H and O–H groups in total. The van der Waals surface area contributed by atoms with Gasteiger partial charge in [0.25, 0.3) is 0 Å². The van der Waals surface area contributed by atoms with Gasteiger partial charge in [0.05, 0.1) is 22.8 Å². The van der Waals surface area contributed by atoms with Crippen LogP contribution in [-0.2, 0) is 0 Å². The van der Waals surface area contributed by atoms with Crippen LogP contribution in [0.3, 0.4) is 0 Å². The predicted molar refractivity (Wildman–Crippen MR) is 78.6 cm³/mol. The highest BCUT2D eigenvalue weighted by Crippen LogP contribution is 2.11. The maximum absolute atomic E-state index is 4.55. The summed E-state index contributed by atoms with van der Waals surface area (Å²) in [5, 5.41) is 0. The van der Waals surface area contributed by atoms with Crippen LogP contribution in [0.4, 0.5) is 0 Å². The molecule has 2 aromatic rings. The summed E-state index contributed by atoms with van der Waals surface area (Å²) < 4.78 is 1.99. The van der Waals surface area contributed by atoms with Crippen LogP contribution < -0.4 is 0 Å². The third-order valence-corrected chi connectivity index (χ3v) is 2.77. The molecule has 2 aromatic heterocycles. The van der Waals surface area contributed by atoms with E-state index in [9.17, 15) is 0 Å². The minimum atomic E-state index is 0.723. The molecule has 0 radical (unpaired) electrons. The largest absolute Gasteiger partial charge is 0.303 e. The van der Waals surface area contributed by atoms with Crippen LogP contribution in [0.5, 0.6) is 0 Å². The Kier molecular flexibility index (Phi) is 3.60. The first kappa shape index (κ1) is 13.2. The molecule has 4 nitrogen and oxygen atoms in total. The van der Waals surface area contributed by atoms with Crippen LogP contribution in [0.15, 0.2) is 41.8 Å². The Morgan fingerprint density at radius 2 is 2.05 bits per heavy atom. The van der Waals surface area contributed by atoms with Gasteiger partial charge in [-0.25, -0.2) is 9.97 Å². The van der Waals surface area contributed by atoms with E-state index in [0.717, 1.165) is 34.1 Å². The molecule has 0 aromatic carbocycles. The Morgan fingerprint density at radius 3 is 2.74 bits per heavy atom. The number of fused-ring (bicyclic) bond motifs is 1. The van der Waals surface area contributed by atoms with Crippen molar-refractivity contribution in [3.8, 4) is 0 Å². The van der Waals surface area contributed by atoms with Crippen molar-refractivity contribution in [3.63, 3.8) is 0 Å². The Hall–Kier alpha value is -2.23. The molecule has 2 heterocycles. The highest BCUT2D eigenvalue weighted by Gasteiger charge is 2.07. The third kappa shape index (κ3) is 2.78. The smallest absolute Gasteiger partial charge is 0.158 e. The third-order valence-electron chi connectivity index (χ3n) is 2.77. The molecule has 0 spiro atoms. The normalized spacial score (nSPS) is 12.5. The zero-order valence-corrected chi connectivity index (χ0v) is 11.8. The van der Waals surface area contributed by atoms with Crippen molar-refractivity contribution < 1.29 is 0 Å². The summed E-state index contributed by atoms with van der Waals surface area (Å²) in [5.74, 6) is 0. The van der Waals surface area contributed by atoms with Crippen molar-refractivity contribution in [1.82, 2.24) is 14.4 Å². The van der Waals surface area contributed by atoms with E-state index in [1.165, 1.54) is 0 Å². The molecule has 0 unspecified atom stereocenters. The monoisotopic (exact) mass is 254 g/mol. The molecule has 0 fully saturated rings. The Labute approximate surface area is 113 Å². The Bertz CT molecular complexity index is 689. The summed E-state index contributed by atoms with van der Waals surface area (Å²) >= 11 is 0. The van der Waals surface area contributed by atoms with E-state index in [0.29, 0.717) is 0 Å². The van der Waals surface area contributed by atoms with Gasteiger partial charge in [-0.3, -0.25) is 4.99 Å². The standard InChI is InChI=1S/C15H18N4/c1-6-7-10(2)16-12(4)14-9-19-8-11(3)17-15(19)13(5)18-14/h6-9H,2H2,1,3-5H3/b7-6-,16-12?. The van der Waals surface area contributed by atoms with Crippen molar-refractivity contribution in [2.24, 2.45) is 4.99 Å². The molecule has 0 atom stereocenters. The lowest BCUT2D eigenvalue weighted by molar-refractivity contribution is 1.06. The highest BCUT2D eigenvalue weighted by molar-refractivity contribution is 5.97. The van der Waals surface area contributed by atoms with E-state index in [1.807, 2.05) is 56.6 Å². The van der Waals surface area contributed by atoms with Gasteiger partial charge in [-0.2, -0.15) is 0 Å². The van der Waals surface area contributed by atoms with Gasteiger partial charge < -0.3 is 4.40 Å². The first-order chi connectivity index (χ1) is 9.01. The molecule has 0 saturated carbocycles. The van der Waals surface area contributed by atoms with E-state index in [4.69, 9.17) is 0 Å². The van der Waals surface area contributed by atoms with E-state index in [1.54, 1.807) is 0 Å². The van der Waals surface area contributed by atoms with Crippen LogP contribution in [0.2, 0.25) is 0 Å². The van der Waals surface area contributed by atoms with Crippen molar-refractivity contribution in [2.45, 2.75) is 27.7 Å². The molecular formula is C15H18N4. The average molecular weight is 254 g/mol. The first-order valence-corrected chi connectivity index (χ1v) is 6.21. The van der Waals surface area contributed by atoms with Gasteiger partial charge in [0.2, 0.25) is 0 Å². The summed E-state index contributed by atoms with van der Waals surface area (Å²) in [6, 6.07) is 0. The minimum absolute atomic E-state index is 0.723. The number of aromatic nitrogens is 3. The molecule has 98 valence electrons. The zero-order valence-electron chi connectivity index (χ0n) is 11.8. The number of imidazole rings is 1. The van der Waals surface area contributed by atoms with Gasteiger partial charge in [0, 0.05) is 12.4 Å². The molecule has 4 heteroatoms. The molecule has 0 amide bonds. The topological polar surface area (TPSA) is 42.5 Å². The summed E-state index contributed by atoms with van der Waals surface area (Å²) in [7, 11) is 0. The van der Waals surface area contributed by atoms with Crippen LogP contribution in [0.1, 0.15) is 30.9 Å². The summed E-state index contributed by atoms with van der Waals surface area (Å²) in [6.07, 6.45) is 7.72. The molecule has 0 aliphatic heterocycles. The number of nitrogens with zero attached hydrogens (tertiary/aromatic N) is 4. The van der Waals surface area contributed by atoms with Crippen LogP contribution in [0, 0.1) is 13.8 Å². The van der Waals surface area contributed by atoms with Gasteiger partial charge >= 0.3 is 0 Å². The SMILES string of the molecule is C=C(/C=C\C)N=C(C)c1cn2cc(C)nc2c(C)n1. The summed E-state index contributed by atoms with van der Waals surface area (Å²) in [4.78, 5) is 13.4. The van der Waals surface area contributed by atoms with Gasteiger partial charge in [-0.1, -0.05) is 12.7 Å². The lowest BCUT2D eigenvalue weighted by Crippen LogP contribution is -2.04. The zero-order chi connectivity index (χ0) is 14.0. The maximum atomic E-state index is 4.55. The van der Waals surface area contributed by atoms with Crippen molar-refractivity contribution in [1.29, 1.82) is 0 Å². The lowest BCUT2D eigenvalue weighted by Gasteiger charge is -2.04. The number of hydrogen-bond donors (Lipinski definition) is 0. The Balaban J connectivity index is 2.48. The second kappa shape index (κ2) is 5.18. The summed E-state index contributed by atoms with van der Waals surface area (Å²) in [5.41, 5.74) is 5.18. The van der Waals surface area contributed by atoms with Crippen LogP contribution in [-0.4, -0.2) is 20.1 Å². The number of allylic oxidation sites excluding steroid dienone is 2.